The molecule has 0 bridgehead atoms. The molecular formula is C13H14FNO2. The Labute approximate surface area is 98.5 Å². The summed E-state index contributed by atoms with van der Waals surface area (Å²) in [7, 11) is 0. The highest BCUT2D eigenvalue weighted by Crippen LogP contribution is 2.28. The lowest BCUT2D eigenvalue weighted by molar-refractivity contribution is 0.0684. The monoisotopic (exact) mass is 235 g/mol. The maximum absolute atomic E-state index is 13.8. The number of hydrogen-bond donors (Lipinski definition) is 1. The molecule has 0 fully saturated rings. The average molecular weight is 235 g/mol. The molecule has 17 heavy (non-hydrogen) atoms. The Morgan fingerprint density at radius 3 is 2.76 bits per heavy atom. The fraction of sp³-hybridized carbons (Fsp3) is 0.308. The van der Waals surface area contributed by atoms with Gasteiger partial charge in [0.05, 0.1) is 5.52 Å². The van der Waals surface area contributed by atoms with E-state index in [0.717, 1.165) is 6.42 Å². The van der Waals surface area contributed by atoms with Crippen LogP contribution in [0.2, 0.25) is 0 Å². The Hall–Kier alpha value is -1.84. The third-order valence-electron chi connectivity index (χ3n) is 2.94. The van der Waals surface area contributed by atoms with Crippen molar-refractivity contribution in [2.24, 2.45) is 0 Å². The van der Waals surface area contributed by atoms with E-state index in [-0.39, 0.29) is 11.5 Å². The van der Waals surface area contributed by atoms with Crippen molar-refractivity contribution >= 4 is 16.9 Å². The molecule has 90 valence electrons. The SMILES string of the molecule is CCCn1c(C(=O)O)c(C)c2cccc(F)c21. The zero-order valence-electron chi connectivity index (χ0n) is 9.83. The molecule has 2 aromatic rings. The van der Waals surface area contributed by atoms with Crippen LogP contribution < -0.4 is 0 Å². The molecule has 1 N–H and O–H groups in total. The molecule has 1 aromatic heterocycles. The lowest BCUT2D eigenvalue weighted by atomic mass is 10.1. The predicted octanol–water partition coefficient (Wildman–Crippen LogP) is 3.20. The molecule has 4 heteroatoms. The Bertz CT molecular complexity index is 587. The summed E-state index contributed by atoms with van der Waals surface area (Å²) in [6, 6.07) is 4.72. The summed E-state index contributed by atoms with van der Waals surface area (Å²) in [6.07, 6.45) is 0.762. The summed E-state index contributed by atoms with van der Waals surface area (Å²) >= 11 is 0. The molecule has 0 radical (unpaired) electrons. The number of rotatable bonds is 3. The molecule has 1 aromatic carbocycles. The van der Waals surface area contributed by atoms with Crippen molar-refractivity contribution in [3.05, 3.63) is 35.3 Å². The van der Waals surface area contributed by atoms with Crippen LogP contribution in [0.1, 0.15) is 29.4 Å². The standard InChI is InChI=1S/C13H14FNO2/c1-3-7-15-11(13(16)17)8(2)9-5-4-6-10(14)12(9)15/h4-6H,3,7H2,1-2H3,(H,16,17). The number of fused-ring (bicyclic) bond motifs is 1. The number of carboxylic acids is 1. The number of carbonyl (C=O) groups is 1. The van der Waals surface area contributed by atoms with E-state index in [2.05, 4.69) is 0 Å². The highest BCUT2D eigenvalue weighted by atomic mass is 19.1. The van der Waals surface area contributed by atoms with E-state index in [1.54, 1.807) is 23.6 Å². The molecule has 0 spiro atoms. The number of para-hydroxylation sites is 1. The number of hydrogen-bond acceptors (Lipinski definition) is 1. The van der Waals surface area contributed by atoms with Crippen molar-refractivity contribution in [1.82, 2.24) is 4.57 Å². The Morgan fingerprint density at radius 1 is 1.47 bits per heavy atom. The molecule has 0 aliphatic rings. The van der Waals surface area contributed by atoms with Gasteiger partial charge >= 0.3 is 5.97 Å². The lowest BCUT2D eigenvalue weighted by Crippen LogP contribution is -2.09. The van der Waals surface area contributed by atoms with Gasteiger partial charge in [0.25, 0.3) is 0 Å². The van der Waals surface area contributed by atoms with E-state index in [1.165, 1.54) is 6.07 Å². The summed E-state index contributed by atoms with van der Waals surface area (Å²) in [4.78, 5) is 11.3. The maximum Gasteiger partial charge on any atom is 0.352 e. The number of benzene rings is 1. The van der Waals surface area contributed by atoms with Crippen LogP contribution in [0.5, 0.6) is 0 Å². The first kappa shape index (κ1) is 11.6. The van der Waals surface area contributed by atoms with Crippen molar-refractivity contribution in [2.45, 2.75) is 26.8 Å². The zero-order chi connectivity index (χ0) is 12.6. The number of halogens is 1. The Morgan fingerprint density at radius 2 is 2.18 bits per heavy atom. The van der Waals surface area contributed by atoms with Gasteiger partial charge in [-0.05, 0) is 25.0 Å². The largest absolute Gasteiger partial charge is 0.477 e. The van der Waals surface area contributed by atoms with Gasteiger partial charge in [-0.15, -0.1) is 0 Å². The quantitative estimate of drug-likeness (QED) is 0.887. The molecule has 1 heterocycles. The van der Waals surface area contributed by atoms with E-state index in [0.29, 0.717) is 23.0 Å². The fourth-order valence-electron chi connectivity index (χ4n) is 2.26. The fourth-order valence-corrected chi connectivity index (χ4v) is 2.26. The highest BCUT2D eigenvalue weighted by Gasteiger charge is 2.20. The zero-order valence-corrected chi connectivity index (χ0v) is 9.83. The number of nitrogens with zero attached hydrogens (tertiary/aromatic N) is 1. The minimum Gasteiger partial charge on any atom is -0.477 e. The molecule has 2 rings (SSSR count). The minimum atomic E-state index is -1.01. The Kier molecular flexibility index (Phi) is 2.88. The second-order valence-corrected chi connectivity index (χ2v) is 4.07. The summed E-state index contributed by atoms with van der Waals surface area (Å²) in [5.74, 6) is -1.38. The molecule has 0 aliphatic carbocycles. The molecule has 0 amide bonds. The van der Waals surface area contributed by atoms with Gasteiger partial charge in [-0.3, -0.25) is 0 Å². The van der Waals surface area contributed by atoms with Crippen molar-refractivity contribution in [2.75, 3.05) is 0 Å². The van der Waals surface area contributed by atoms with Crippen LogP contribution >= 0.6 is 0 Å². The summed E-state index contributed by atoms with van der Waals surface area (Å²) < 4.78 is 15.4. The van der Waals surface area contributed by atoms with Crippen LogP contribution in [0.25, 0.3) is 10.9 Å². The molecular weight excluding hydrogens is 221 g/mol. The minimum absolute atomic E-state index is 0.187. The van der Waals surface area contributed by atoms with Crippen molar-refractivity contribution in [3.63, 3.8) is 0 Å². The Balaban J connectivity index is 2.88. The second-order valence-electron chi connectivity index (χ2n) is 4.07. The molecule has 0 atom stereocenters. The summed E-state index contributed by atoms with van der Waals surface area (Å²) in [6.45, 7) is 4.16. The first-order valence-electron chi connectivity index (χ1n) is 5.58. The molecule has 0 unspecified atom stereocenters. The smallest absolute Gasteiger partial charge is 0.352 e. The third kappa shape index (κ3) is 1.69. The van der Waals surface area contributed by atoms with Gasteiger partial charge in [0.1, 0.15) is 11.5 Å². The molecule has 0 aliphatic heterocycles. The number of carboxylic acid groups (broad SMARTS) is 1. The van der Waals surface area contributed by atoms with Crippen molar-refractivity contribution in [3.8, 4) is 0 Å². The number of aryl methyl sites for hydroxylation is 2. The predicted molar refractivity (Wildman–Crippen MR) is 63.9 cm³/mol. The van der Waals surface area contributed by atoms with Crippen molar-refractivity contribution < 1.29 is 14.3 Å². The molecule has 3 nitrogen and oxygen atoms in total. The first-order chi connectivity index (χ1) is 8.07. The van der Waals surface area contributed by atoms with E-state index in [1.807, 2.05) is 6.92 Å². The summed E-state index contributed by atoms with van der Waals surface area (Å²) in [5.41, 5.74) is 1.21. The van der Waals surface area contributed by atoms with Gasteiger partial charge in [-0.1, -0.05) is 19.1 Å². The van der Waals surface area contributed by atoms with E-state index in [4.69, 9.17) is 0 Å². The lowest BCUT2D eigenvalue weighted by Gasteiger charge is -2.06. The van der Waals surface area contributed by atoms with E-state index >= 15 is 0 Å². The van der Waals surface area contributed by atoms with Crippen LogP contribution in [-0.4, -0.2) is 15.6 Å². The first-order valence-corrected chi connectivity index (χ1v) is 5.58. The van der Waals surface area contributed by atoms with Crippen LogP contribution in [0.3, 0.4) is 0 Å². The second kappa shape index (κ2) is 4.20. The molecule has 0 saturated carbocycles. The van der Waals surface area contributed by atoms with E-state index in [9.17, 15) is 14.3 Å². The van der Waals surface area contributed by atoms with Gasteiger partial charge in [0, 0.05) is 11.9 Å². The number of aromatic carboxylic acids is 1. The highest BCUT2D eigenvalue weighted by molar-refractivity contribution is 5.98. The van der Waals surface area contributed by atoms with Gasteiger partial charge in [-0.2, -0.15) is 0 Å². The topological polar surface area (TPSA) is 42.2 Å². The van der Waals surface area contributed by atoms with Gasteiger partial charge in [0.2, 0.25) is 0 Å². The third-order valence-corrected chi connectivity index (χ3v) is 2.94. The normalized spacial score (nSPS) is 11.0. The van der Waals surface area contributed by atoms with Crippen LogP contribution in [0.4, 0.5) is 4.39 Å². The van der Waals surface area contributed by atoms with Gasteiger partial charge in [0.15, 0.2) is 0 Å². The van der Waals surface area contributed by atoms with Crippen LogP contribution in [-0.2, 0) is 6.54 Å². The number of aromatic nitrogens is 1. The van der Waals surface area contributed by atoms with Crippen molar-refractivity contribution in [1.29, 1.82) is 0 Å². The van der Waals surface area contributed by atoms with Gasteiger partial charge < -0.3 is 9.67 Å². The summed E-state index contributed by atoms with van der Waals surface area (Å²) in [5, 5.41) is 9.90. The molecule has 0 saturated heterocycles. The maximum atomic E-state index is 13.8. The average Bonchev–Trinajstić information content (AvgIpc) is 2.54. The van der Waals surface area contributed by atoms with E-state index < -0.39 is 5.97 Å². The van der Waals surface area contributed by atoms with Gasteiger partial charge in [-0.25, -0.2) is 9.18 Å². The van der Waals surface area contributed by atoms with Crippen LogP contribution in [0, 0.1) is 12.7 Å². The van der Waals surface area contributed by atoms with Crippen LogP contribution in [0.15, 0.2) is 18.2 Å².